The molecule has 0 saturated carbocycles. The molecule has 0 saturated heterocycles. The monoisotopic (exact) mass is 315 g/mol. The molecule has 1 amide bonds. The second-order valence-corrected chi connectivity index (χ2v) is 4.55. The highest BCUT2D eigenvalue weighted by atomic mass is 35.5. The summed E-state index contributed by atoms with van der Waals surface area (Å²) in [5.74, 6) is 0.388. The third kappa shape index (κ3) is 4.43. The number of allylic oxidation sites excluding steroid dienone is 1. The number of halogens is 1. The number of hydrazone groups is 1. The predicted molar refractivity (Wildman–Crippen MR) is 87.2 cm³/mol. The van der Waals surface area contributed by atoms with Gasteiger partial charge in [0.25, 0.3) is 5.91 Å². The number of hydrogen-bond donors (Lipinski definition) is 1. The third-order valence-corrected chi connectivity index (χ3v) is 3.04. The van der Waals surface area contributed by atoms with E-state index in [-0.39, 0.29) is 10.7 Å². The van der Waals surface area contributed by atoms with Crippen LogP contribution >= 0.6 is 11.6 Å². The molecule has 22 heavy (non-hydrogen) atoms. The molecule has 1 N–H and O–H groups in total. The molecule has 112 valence electrons. The summed E-state index contributed by atoms with van der Waals surface area (Å²) in [6.07, 6.45) is 6.56. The molecule has 1 aromatic heterocycles. The van der Waals surface area contributed by atoms with Gasteiger partial charge in [-0.15, -0.1) is 0 Å². The Balaban J connectivity index is 1.88. The lowest BCUT2D eigenvalue weighted by Gasteiger charge is -2.00. The molecule has 0 radical (unpaired) electrons. The number of carbonyl (C=O) groups is 1. The molecule has 0 aliphatic carbocycles. The summed E-state index contributed by atoms with van der Waals surface area (Å²) in [6, 6.07) is 10.8. The third-order valence-electron chi connectivity index (χ3n) is 2.73. The first kappa shape index (κ1) is 15.7. The van der Waals surface area contributed by atoms with Gasteiger partial charge in [-0.25, -0.2) is 10.4 Å². The molecule has 0 spiro atoms. The number of hydrogen-bond acceptors (Lipinski definition) is 4. The van der Waals surface area contributed by atoms with Crippen LogP contribution in [0.5, 0.6) is 5.75 Å². The summed E-state index contributed by atoms with van der Waals surface area (Å²) in [5, 5.41) is 3.96. The molecule has 6 heteroatoms. The maximum atomic E-state index is 11.8. The Labute approximate surface area is 133 Å². The van der Waals surface area contributed by atoms with E-state index in [1.165, 1.54) is 12.4 Å². The van der Waals surface area contributed by atoms with Gasteiger partial charge in [0.05, 0.1) is 12.7 Å². The summed E-state index contributed by atoms with van der Waals surface area (Å²) in [4.78, 5) is 15.6. The van der Waals surface area contributed by atoms with E-state index in [0.29, 0.717) is 0 Å². The number of nitrogens with zero attached hydrogens (tertiary/aromatic N) is 2. The summed E-state index contributed by atoms with van der Waals surface area (Å²) in [5.41, 5.74) is 3.65. The maximum absolute atomic E-state index is 11.8. The van der Waals surface area contributed by atoms with Gasteiger partial charge in [-0.05, 0) is 35.9 Å². The largest absolute Gasteiger partial charge is 0.497 e. The SMILES string of the molecule is COc1ccc(C=CC=NNC(=O)c2cccnc2Cl)cc1. The van der Waals surface area contributed by atoms with Crippen LogP contribution in [0.15, 0.2) is 53.8 Å². The highest BCUT2D eigenvalue weighted by molar-refractivity contribution is 6.32. The second-order valence-electron chi connectivity index (χ2n) is 4.19. The Morgan fingerprint density at radius 3 is 2.77 bits per heavy atom. The molecular weight excluding hydrogens is 302 g/mol. The molecule has 0 aliphatic rings. The molecule has 0 atom stereocenters. The maximum Gasteiger partial charge on any atom is 0.274 e. The van der Waals surface area contributed by atoms with Crippen LogP contribution in [0.3, 0.4) is 0 Å². The van der Waals surface area contributed by atoms with Crippen molar-refractivity contribution in [2.24, 2.45) is 5.10 Å². The smallest absolute Gasteiger partial charge is 0.274 e. The summed E-state index contributed by atoms with van der Waals surface area (Å²) >= 11 is 5.82. The van der Waals surface area contributed by atoms with Crippen LogP contribution in [0, 0.1) is 0 Å². The molecular formula is C16H14ClN3O2. The van der Waals surface area contributed by atoms with E-state index in [1.54, 1.807) is 25.3 Å². The fourth-order valence-corrected chi connectivity index (χ4v) is 1.83. The average molecular weight is 316 g/mol. The molecule has 1 aromatic carbocycles. The van der Waals surface area contributed by atoms with Crippen LogP contribution in [-0.4, -0.2) is 24.2 Å². The van der Waals surface area contributed by atoms with Gasteiger partial charge in [0, 0.05) is 12.4 Å². The summed E-state index contributed by atoms with van der Waals surface area (Å²) < 4.78 is 5.08. The van der Waals surface area contributed by atoms with Crippen molar-refractivity contribution in [3.05, 3.63) is 65.0 Å². The van der Waals surface area contributed by atoms with E-state index in [2.05, 4.69) is 15.5 Å². The van der Waals surface area contributed by atoms with Gasteiger partial charge in [-0.1, -0.05) is 29.8 Å². The van der Waals surface area contributed by atoms with Crippen LogP contribution in [0.4, 0.5) is 0 Å². The summed E-state index contributed by atoms with van der Waals surface area (Å²) in [7, 11) is 1.62. The number of nitrogens with one attached hydrogen (secondary N) is 1. The number of pyridine rings is 1. The number of ether oxygens (including phenoxy) is 1. The van der Waals surface area contributed by atoms with Crippen LogP contribution < -0.4 is 10.2 Å². The van der Waals surface area contributed by atoms with Gasteiger partial charge in [0.1, 0.15) is 10.9 Å². The minimum Gasteiger partial charge on any atom is -0.497 e. The molecule has 0 unspecified atom stereocenters. The number of rotatable bonds is 5. The second kappa shape index (κ2) is 7.95. The Hall–Kier alpha value is -2.66. The molecule has 5 nitrogen and oxygen atoms in total. The number of aromatic nitrogens is 1. The molecule has 2 rings (SSSR count). The van der Waals surface area contributed by atoms with Crippen molar-refractivity contribution in [1.82, 2.24) is 10.4 Å². The average Bonchev–Trinajstić information content (AvgIpc) is 2.55. The zero-order valence-corrected chi connectivity index (χ0v) is 12.6. The first-order valence-corrected chi connectivity index (χ1v) is 6.83. The highest BCUT2D eigenvalue weighted by Crippen LogP contribution is 2.12. The van der Waals surface area contributed by atoms with Crippen molar-refractivity contribution in [1.29, 1.82) is 0 Å². The number of carbonyl (C=O) groups excluding carboxylic acids is 1. The van der Waals surface area contributed by atoms with E-state index in [0.717, 1.165) is 11.3 Å². The topological polar surface area (TPSA) is 63.6 Å². The van der Waals surface area contributed by atoms with Crippen molar-refractivity contribution < 1.29 is 9.53 Å². The minimum atomic E-state index is -0.410. The van der Waals surface area contributed by atoms with E-state index in [9.17, 15) is 4.79 Å². The van der Waals surface area contributed by atoms with Gasteiger partial charge in [-0.3, -0.25) is 4.79 Å². The standard InChI is InChI=1S/C16H14ClN3O2/c1-22-13-8-6-12(7-9-13)4-2-11-19-20-16(21)14-5-3-10-18-15(14)17/h2-11H,1H3,(H,20,21). The minimum absolute atomic E-state index is 0.143. The Kier molecular flexibility index (Phi) is 5.68. The van der Waals surface area contributed by atoms with E-state index >= 15 is 0 Å². The number of amides is 1. The van der Waals surface area contributed by atoms with Crippen molar-refractivity contribution in [2.75, 3.05) is 7.11 Å². The zero-order valence-electron chi connectivity index (χ0n) is 11.9. The fraction of sp³-hybridized carbons (Fsp3) is 0.0625. The zero-order chi connectivity index (χ0) is 15.8. The van der Waals surface area contributed by atoms with Crippen molar-refractivity contribution >= 4 is 29.8 Å². The Bertz CT molecular complexity index is 697. The van der Waals surface area contributed by atoms with Crippen LogP contribution in [0.25, 0.3) is 6.08 Å². The van der Waals surface area contributed by atoms with E-state index < -0.39 is 5.91 Å². The van der Waals surface area contributed by atoms with E-state index in [4.69, 9.17) is 16.3 Å². The van der Waals surface area contributed by atoms with Gasteiger partial charge in [-0.2, -0.15) is 5.10 Å². The highest BCUT2D eigenvalue weighted by Gasteiger charge is 2.08. The van der Waals surface area contributed by atoms with Crippen LogP contribution in [0.1, 0.15) is 15.9 Å². The van der Waals surface area contributed by atoms with Crippen molar-refractivity contribution in [3.8, 4) is 5.75 Å². The first-order chi connectivity index (χ1) is 10.7. The lowest BCUT2D eigenvalue weighted by Crippen LogP contribution is -2.18. The lowest BCUT2D eigenvalue weighted by molar-refractivity contribution is 0.0955. The van der Waals surface area contributed by atoms with Gasteiger partial charge < -0.3 is 4.74 Å². The fourth-order valence-electron chi connectivity index (χ4n) is 1.62. The Morgan fingerprint density at radius 1 is 1.32 bits per heavy atom. The number of benzene rings is 1. The van der Waals surface area contributed by atoms with Crippen molar-refractivity contribution in [3.63, 3.8) is 0 Å². The van der Waals surface area contributed by atoms with E-state index in [1.807, 2.05) is 30.3 Å². The van der Waals surface area contributed by atoms with Gasteiger partial charge >= 0.3 is 0 Å². The molecule has 2 aromatic rings. The first-order valence-electron chi connectivity index (χ1n) is 6.45. The lowest BCUT2D eigenvalue weighted by atomic mass is 10.2. The molecule has 0 fully saturated rings. The van der Waals surface area contributed by atoms with Crippen LogP contribution in [-0.2, 0) is 0 Å². The van der Waals surface area contributed by atoms with Gasteiger partial charge in [0.2, 0.25) is 0 Å². The van der Waals surface area contributed by atoms with Gasteiger partial charge in [0.15, 0.2) is 0 Å². The molecule has 0 bridgehead atoms. The Morgan fingerprint density at radius 2 is 2.09 bits per heavy atom. The van der Waals surface area contributed by atoms with Crippen LogP contribution in [0.2, 0.25) is 5.15 Å². The van der Waals surface area contributed by atoms with Crippen molar-refractivity contribution in [2.45, 2.75) is 0 Å². The summed E-state index contributed by atoms with van der Waals surface area (Å²) in [6.45, 7) is 0. The molecule has 0 aliphatic heterocycles. The normalized spacial score (nSPS) is 11.0. The predicted octanol–water partition coefficient (Wildman–Crippen LogP) is 3.17. The molecule has 1 heterocycles. The quantitative estimate of drug-likeness (QED) is 0.523. The number of methoxy groups -OCH3 is 1.